The van der Waals surface area contributed by atoms with E-state index in [-0.39, 0.29) is 5.82 Å². The number of hydrogen-bond donors (Lipinski definition) is 1. The van der Waals surface area contributed by atoms with E-state index < -0.39 is 0 Å². The van der Waals surface area contributed by atoms with Gasteiger partial charge >= 0.3 is 0 Å². The van der Waals surface area contributed by atoms with Crippen molar-refractivity contribution in [3.05, 3.63) is 29.6 Å². The molecule has 15 heavy (non-hydrogen) atoms. The number of benzene rings is 1. The fourth-order valence-electron chi connectivity index (χ4n) is 1.40. The van der Waals surface area contributed by atoms with E-state index in [0.29, 0.717) is 10.9 Å². The normalized spacial score (nSPS) is 20.2. The third-order valence-corrected chi connectivity index (χ3v) is 3.17. The Morgan fingerprint density at radius 3 is 3.00 bits per heavy atom. The van der Waals surface area contributed by atoms with Gasteiger partial charge in [-0.25, -0.2) is 4.39 Å². The van der Waals surface area contributed by atoms with Crippen molar-refractivity contribution >= 4 is 22.6 Å². The molecular weight excluding hydrogens is 211 g/mol. The maximum Gasteiger partial charge on any atom is 0.161 e. The standard InChI is InChI=1S/C11H13FN2S/c1-7-3-4-9(12)10(5-7)14-11-13-6-8(2)15-11/h3-5,8H,6H2,1-2H3,(H,13,14). The second-order valence-electron chi connectivity index (χ2n) is 3.68. The zero-order valence-electron chi connectivity index (χ0n) is 8.75. The molecule has 1 unspecified atom stereocenters. The molecule has 80 valence electrons. The van der Waals surface area contributed by atoms with Crippen molar-refractivity contribution in [2.24, 2.45) is 4.99 Å². The van der Waals surface area contributed by atoms with E-state index >= 15 is 0 Å². The van der Waals surface area contributed by atoms with Gasteiger partial charge in [-0.2, -0.15) is 0 Å². The lowest BCUT2D eigenvalue weighted by molar-refractivity contribution is 0.632. The van der Waals surface area contributed by atoms with Gasteiger partial charge in [0.1, 0.15) is 5.82 Å². The number of hydrogen-bond acceptors (Lipinski definition) is 3. The molecule has 0 fully saturated rings. The van der Waals surface area contributed by atoms with Crippen LogP contribution in [0, 0.1) is 12.7 Å². The summed E-state index contributed by atoms with van der Waals surface area (Å²) in [6, 6.07) is 5.02. The Labute approximate surface area is 93.0 Å². The monoisotopic (exact) mass is 224 g/mol. The van der Waals surface area contributed by atoms with E-state index in [9.17, 15) is 4.39 Å². The Morgan fingerprint density at radius 2 is 2.33 bits per heavy atom. The van der Waals surface area contributed by atoms with Crippen molar-refractivity contribution < 1.29 is 4.39 Å². The molecule has 0 aromatic heterocycles. The summed E-state index contributed by atoms with van der Waals surface area (Å²) >= 11 is 1.65. The van der Waals surface area contributed by atoms with Crippen LogP contribution in [-0.2, 0) is 0 Å². The summed E-state index contributed by atoms with van der Waals surface area (Å²) in [5, 5.41) is 4.32. The predicted molar refractivity (Wildman–Crippen MR) is 64.1 cm³/mol. The van der Waals surface area contributed by atoms with Crippen molar-refractivity contribution in [1.29, 1.82) is 0 Å². The van der Waals surface area contributed by atoms with Crippen LogP contribution >= 0.6 is 11.8 Å². The number of anilines is 1. The number of halogens is 1. The van der Waals surface area contributed by atoms with Gasteiger partial charge in [-0.1, -0.05) is 24.8 Å². The van der Waals surface area contributed by atoms with Gasteiger partial charge in [-0.3, -0.25) is 4.99 Å². The minimum atomic E-state index is -0.233. The summed E-state index contributed by atoms with van der Waals surface area (Å²) in [7, 11) is 0. The summed E-state index contributed by atoms with van der Waals surface area (Å²) in [4.78, 5) is 4.28. The molecule has 0 bridgehead atoms. The van der Waals surface area contributed by atoms with E-state index in [2.05, 4.69) is 17.2 Å². The van der Waals surface area contributed by atoms with E-state index in [1.807, 2.05) is 6.92 Å². The van der Waals surface area contributed by atoms with Crippen molar-refractivity contribution in [2.75, 3.05) is 11.9 Å². The minimum Gasteiger partial charge on any atom is -0.333 e. The number of aryl methyl sites for hydroxylation is 1. The molecule has 2 rings (SSSR count). The highest BCUT2D eigenvalue weighted by molar-refractivity contribution is 8.15. The Morgan fingerprint density at radius 1 is 1.53 bits per heavy atom. The van der Waals surface area contributed by atoms with Gasteiger partial charge in [0.2, 0.25) is 0 Å². The summed E-state index contributed by atoms with van der Waals surface area (Å²) in [6.45, 7) is 4.85. The second kappa shape index (κ2) is 4.23. The van der Waals surface area contributed by atoms with Crippen LogP contribution in [0.2, 0.25) is 0 Å². The van der Waals surface area contributed by atoms with E-state index in [1.165, 1.54) is 6.07 Å². The number of rotatable bonds is 1. The molecular formula is C11H13FN2S. The van der Waals surface area contributed by atoms with Crippen LogP contribution in [-0.4, -0.2) is 17.0 Å². The Balaban J connectivity index is 2.14. The zero-order chi connectivity index (χ0) is 10.8. The van der Waals surface area contributed by atoms with Crippen LogP contribution in [0.4, 0.5) is 10.1 Å². The van der Waals surface area contributed by atoms with Crippen LogP contribution in [0.3, 0.4) is 0 Å². The summed E-state index contributed by atoms with van der Waals surface area (Å²) in [5.41, 5.74) is 1.55. The molecule has 0 saturated heterocycles. The highest BCUT2D eigenvalue weighted by Crippen LogP contribution is 2.23. The van der Waals surface area contributed by atoms with Gasteiger partial charge < -0.3 is 5.32 Å². The molecule has 1 heterocycles. The third-order valence-electron chi connectivity index (χ3n) is 2.17. The van der Waals surface area contributed by atoms with E-state index in [4.69, 9.17) is 0 Å². The average molecular weight is 224 g/mol. The topological polar surface area (TPSA) is 24.4 Å². The molecule has 1 aliphatic rings. The lowest BCUT2D eigenvalue weighted by atomic mass is 10.2. The molecule has 1 aromatic carbocycles. The minimum absolute atomic E-state index is 0.233. The van der Waals surface area contributed by atoms with Crippen LogP contribution in [0.25, 0.3) is 0 Å². The van der Waals surface area contributed by atoms with Crippen molar-refractivity contribution in [2.45, 2.75) is 19.1 Å². The lowest BCUT2D eigenvalue weighted by Crippen LogP contribution is -2.07. The summed E-state index contributed by atoms with van der Waals surface area (Å²) in [6.07, 6.45) is 0. The summed E-state index contributed by atoms with van der Waals surface area (Å²) < 4.78 is 13.4. The van der Waals surface area contributed by atoms with Gasteiger partial charge in [0.25, 0.3) is 0 Å². The fraction of sp³-hybridized carbons (Fsp3) is 0.364. The Hall–Kier alpha value is -1.03. The maximum absolute atomic E-state index is 13.4. The first-order valence-electron chi connectivity index (χ1n) is 4.89. The van der Waals surface area contributed by atoms with E-state index in [1.54, 1.807) is 23.9 Å². The molecule has 1 N–H and O–H groups in total. The first kappa shape index (κ1) is 10.5. The molecule has 0 spiro atoms. The quantitative estimate of drug-likeness (QED) is 0.793. The summed E-state index contributed by atoms with van der Waals surface area (Å²) in [5.74, 6) is -0.233. The smallest absolute Gasteiger partial charge is 0.161 e. The van der Waals surface area contributed by atoms with Gasteiger partial charge in [0.05, 0.1) is 12.2 Å². The SMILES string of the molecule is Cc1ccc(F)c(NC2=NCC(C)S2)c1. The Kier molecular flexibility index (Phi) is 2.95. The molecule has 0 saturated carbocycles. The maximum atomic E-state index is 13.4. The largest absolute Gasteiger partial charge is 0.333 e. The van der Waals surface area contributed by atoms with Crippen molar-refractivity contribution in [1.82, 2.24) is 0 Å². The molecule has 0 amide bonds. The molecule has 0 radical (unpaired) electrons. The number of amidine groups is 1. The van der Waals surface area contributed by atoms with Crippen LogP contribution in [0.5, 0.6) is 0 Å². The van der Waals surface area contributed by atoms with Gasteiger partial charge in [0.15, 0.2) is 5.17 Å². The van der Waals surface area contributed by atoms with Crippen LogP contribution in [0.1, 0.15) is 12.5 Å². The zero-order valence-corrected chi connectivity index (χ0v) is 9.57. The third kappa shape index (κ3) is 2.50. The number of aliphatic imine (C=N–C) groups is 1. The highest BCUT2D eigenvalue weighted by Gasteiger charge is 2.15. The Bertz CT molecular complexity index is 404. The highest BCUT2D eigenvalue weighted by atomic mass is 32.2. The van der Waals surface area contributed by atoms with Gasteiger partial charge in [0, 0.05) is 5.25 Å². The van der Waals surface area contributed by atoms with Crippen molar-refractivity contribution in [3.63, 3.8) is 0 Å². The first-order valence-corrected chi connectivity index (χ1v) is 5.77. The molecule has 1 aliphatic heterocycles. The second-order valence-corrected chi connectivity index (χ2v) is 5.11. The fourth-order valence-corrected chi connectivity index (χ4v) is 2.24. The van der Waals surface area contributed by atoms with Crippen LogP contribution < -0.4 is 5.32 Å². The molecule has 2 nitrogen and oxygen atoms in total. The number of thioether (sulfide) groups is 1. The van der Waals surface area contributed by atoms with Gasteiger partial charge in [-0.05, 0) is 24.6 Å². The van der Waals surface area contributed by atoms with Gasteiger partial charge in [-0.15, -0.1) is 0 Å². The molecule has 1 aromatic rings. The molecule has 0 aliphatic carbocycles. The average Bonchev–Trinajstić information content (AvgIpc) is 2.58. The number of nitrogens with one attached hydrogen (secondary N) is 1. The predicted octanol–water partition coefficient (Wildman–Crippen LogP) is 3.04. The molecule has 4 heteroatoms. The lowest BCUT2D eigenvalue weighted by Gasteiger charge is -2.07. The molecule has 1 atom stereocenters. The number of nitrogens with zero attached hydrogens (tertiary/aromatic N) is 1. The van der Waals surface area contributed by atoms with Crippen molar-refractivity contribution in [3.8, 4) is 0 Å². The first-order chi connectivity index (χ1) is 7.15. The van der Waals surface area contributed by atoms with Crippen LogP contribution in [0.15, 0.2) is 23.2 Å². The van der Waals surface area contributed by atoms with E-state index in [0.717, 1.165) is 17.3 Å².